The molecule has 4 heterocycles. The second-order valence-electron chi connectivity index (χ2n) is 7.58. The number of aromatic nitrogens is 2. The number of benzene rings is 1. The van der Waals surface area contributed by atoms with Gasteiger partial charge in [0.25, 0.3) is 5.56 Å². The number of aldehydes is 1. The molecular formula is C23H18N2O5. The molecule has 0 fully saturated rings. The van der Waals surface area contributed by atoms with Crippen molar-refractivity contribution in [2.45, 2.75) is 32.1 Å². The molecule has 7 nitrogen and oxygen atoms in total. The monoisotopic (exact) mass is 402 g/mol. The zero-order chi connectivity index (χ0) is 21.2. The van der Waals surface area contributed by atoms with Gasteiger partial charge in [-0.3, -0.25) is 9.59 Å². The lowest BCUT2D eigenvalue weighted by molar-refractivity contribution is -0.172. The van der Waals surface area contributed by atoms with Crippen molar-refractivity contribution in [2.24, 2.45) is 0 Å². The molecule has 5 rings (SSSR count). The summed E-state index contributed by atoms with van der Waals surface area (Å²) < 4.78 is 6.64. The highest BCUT2D eigenvalue weighted by molar-refractivity contribution is 6.13. The zero-order valence-electron chi connectivity index (χ0n) is 16.3. The van der Waals surface area contributed by atoms with Gasteiger partial charge in [-0.05, 0) is 18.6 Å². The van der Waals surface area contributed by atoms with Crippen molar-refractivity contribution in [2.75, 3.05) is 0 Å². The standard InChI is InChI=1S/C23H18N2O5/c1-3-23(29)16-8-18-20-14(9-25(18)21(27)15(16)11-30-22(23)28)19(12(2)10-26)13-6-4-5-7-17(13)24-20/h4-8,10,29H,2-3,9,11H2,1H3/t23-/m0/s1. The fourth-order valence-corrected chi connectivity index (χ4v) is 4.45. The number of para-hydroxylation sites is 1. The Balaban J connectivity index is 1.87. The van der Waals surface area contributed by atoms with E-state index < -0.39 is 11.6 Å². The van der Waals surface area contributed by atoms with Gasteiger partial charge in [-0.1, -0.05) is 31.7 Å². The third kappa shape index (κ3) is 2.23. The Hall–Kier alpha value is -3.58. The summed E-state index contributed by atoms with van der Waals surface area (Å²) in [5.74, 6) is -0.762. The first kappa shape index (κ1) is 18.4. The highest BCUT2D eigenvalue weighted by Crippen LogP contribution is 2.41. The number of ether oxygens (including phenoxy) is 1. The number of rotatable bonds is 3. The highest BCUT2D eigenvalue weighted by Gasteiger charge is 2.45. The number of carbonyl (C=O) groups is 2. The summed E-state index contributed by atoms with van der Waals surface area (Å²) >= 11 is 0. The smallest absolute Gasteiger partial charge is 0.343 e. The number of esters is 1. The maximum absolute atomic E-state index is 13.3. The molecule has 1 atom stereocenters. The van der Waals surface area contributed by atoms with Gasteiger partial charge in [0, 0.05) is 27.6 Å². The molecule has 2 aliphatic heterocycles. The number of cyclic esters (lactones) is 1. The van der Waals surface area contributed by atoms with E-state index >= 15 is 0 Å². The third-order valence-corrected chi connectivity index (χ3v) is 6.06. The van der Waals surface area contributed by atoms with Gasteiger partial charge in [-0.25, -0.2) is 9.78 Å². The van der Waals surface area contributed by atoms with Gasteiger partial charge in [0.15, 0.2) is 5.60 Å². The Morgan fingerprint density at radius 3 is 2.83 bits per heavy atom. The Labute approximate surface area is 171 Å². The third-order valence-electron chi connectivity index (χ3n) is 6.06. The van der Waals surface area contributed by atoms with E-state index in [1.54, 1.807) is 17.6 Å². The van der Waals surface area contributed by atoms with Gasteiger partial charge in [0.2, 0.25) is 0 Å². The summed E-state index contributed by atoms with van der Waals surface area (Å²) in [5.41, 5.74) is 1.69. The SMILES string of the molecule is C=C(C=O)c1c2c(nc3ccccc13)-c1cc3c(c(=O)n1C2)COC(=O)[C@]3(O)CC. The van der Waals surface area contributed by atoms with E-state index in [2.05, 4.69) is 6.58 Å². The zero-order valence-corrected chi connectivity index (χ0v) is 16.3. The lowest BCUT2D eigenvalue weighted by Gasteiger charge is -2.31. The Morgan fingerprint density at radius 1 is 1.33 bits per heavy atom. The largest absolute Gasteiger partial charge is 0.458 e. The van der Waals surface area contributed by atoms with Crippen molar-refractivity contribution in [1.82, 2.24) is 9.55 Å². The van der Waals surface area contributed by atoms with Crippen molar-refractivity contribution in [3.05, 3.63) is 69.5 Å². The molecule has 0 radical (unpaired) electrons. The van der Waals surface area contributed by atoms with Crippen LogP contribution in [-0.4, -0.2) is 26.9 Å². The second-order valence-corrected chi connectivity index (χ2v) is 7.58. The lowest BCUT2D eigenvalue weighted by Crippen LogP contribution is -2.44. The summed E-state index contributed by atoms with van der Waals surface area (Å²) in [6.45, 7) is 5.58. The van der Waals surface area contributed by atoms with Crippen LogP contribution in [0.4, 0.5) is 0 Å². The van der Waals surface area contributed by atoms with Gasteiger partial charge >= 0.3 is 5.97 Å². The van der Waals surface area contributed by atoms with Crippen molar-refractivity contribution in [3.63, 3.8) is 0 Å². The molecule has 3 aromatic rings. The molecule has 2 aliphatic rings. The second kappa shape index (κ2) is 6.21. The van der Waals surface area contributed by atoms with Crippen LogP contribution in [0.3, 0.4) is 0 Å². The molecule has 30 heavy (non-hydrogen) atoms. The fraction of sp³-hybridized carbons (Fsp3) is 0.217. The van der Waals surface area contributed by atoms with Crippen LogP contribution in [0, 0.1) is 0 Å². The lowest BCUT2D eigenvalue weighted by atomic mass is 9.86. The minimum atomic E-state index is -1.88. The minimum Gasteiger partial charge on any atom is -0.458 e. The molecule has 0 bridgehead atoms. The first-order valence-electron chi connectivity index (χ1n) is 9.64. The number of nitrogens with zero attached hydrogens (tertiary/aromatic N) is 2. The van der Waals surface area contributed by atoms with Gasteiger partial charge in [-0.15, -0.1) is 0 Å². The average molecular weight is 402 g/mol. The molecule has 1 aromatic carbocycles. The Bertz CT molecular complexity index is 1350. The van der Waals surface area contributed by atoms with Gasteiger partial charge in [0.05, 0.1) is 29.0 Å². The summed E-state index contributed by atoms with van der Waals surface area (Å²) in [6.07, 6.45) is 0.772. The van der Waals surface area contributed by atoms with Crippen LogP contribution < -0.4 is 5.56 Å². The van der Waals surface area contributed by atoms with E-state index in [9.17, 15) is 19.5 Å². The van der Waals surface area contributed by atoms with E-state index in [1.807, 2.05) is 24.3 Å². The molecule has 2 aromatic heterocycles. The summed E-state index contributed by atoms with van der Waals surface area (Å²) in [6, 6.07) is 9.05. The number of allylic oxidation sites excluding steroid dienone is 1. The predicted molar refractivity (Wildman–Crippen MR) is 110 cm³/mol. The molecule has 0 saturated heterocycles. The normalized spacial score (nSPS) is 19.1. The van der Waals surface area contributed by atoms with Crippen LogP contribution in [0.15, 0.2) is 41.7 Å². The minimum absolute atomic E-state index is 0.0763. The Kier molecular flexibility index (Phi) is 3.82. The molecular weight excluding hydrogens is 384 g/mol. The molecule has 0 unspecified atom stereocenters. The van der Waals surface area contributed by atoms with Gasteiger partial charge in [0.1, 0.15) is 12.9 Å². The van der Waals surface area contributed by atoms with E-state index in [0.717, 1.165) is 10.9 Å². The maximum atomic E-state index is 13.3. The highest BCUT2D eigenvalue weighted by atomic mass is 16.6. The quantitative estimate of drug-likeness (QED) is 0.321. The van der Waals surface area contributed by atoms with Crippen molar-refractivity contribution >= 4 is 28.7 Å². The van der Waals surface area contributed by atoms with Crippen LogP contribution in [-0.2, 0) is 33.1 Å². The molecule has 0 spiro atoms. The van der Waals surface area contributed by atoms with Crippen LogP contribution in [0.5, 0.6) is 0 Å². The van der Waals surface area contributed by atoms with E-state index in [-0.39, 0.29) is 36.3 Å². The maximum Gasteiger partial charge on any atom is 0.343 e. The van der Waals surface area contributed by atoms with Crippen LogP contribution in [0.2, 0.25) is 0 Å². The summed E-state index contributed by atoms with van der Waals surface area (Å²) in [4.78, 5) is 41.9. The van der Waals surface area contributed by atoms with Crippen molar-refractivity contribution in [1.29, 1.82) is 0 Å². The average Bonchev–Trinajstić information content (AvgIpc) is 3.13. The number of hydrogen-bond donors (Lipinski definition) is 1. The van der Waals surface area contributed by atoms with Crippen LogP contribution >= 0.6 is 0 Å². The van der Waals surface area contributed by atoms with Gasteiger partial charge < -0.3 is 14.4 Å². The first-order chi connectivity index (χ1) is 14.4. The van der Waals surface area contributed by atoms with Crippen molar-refractivity contribution < 1.29 is 19.4 Å². The number of pyridine rings is 2. The van der Waals surface area contributed by atoms with E-state index in [4.69, 9.17) is 9.72 Å². The number of fused-ring (bicyclic) bond motifs is 5. The fourth-order valence-electron chi connectivity index (χ4n) is 4.45. The molecule has 7 heteroatoms. The predicted octanol–water partition coefficient (Wildman–Crippen LogP) is 2.29. The first-order valence-corrected chi connectivity index (χ1v) is 9.64. The topological polar surface area (TPSA) is 98.5 Å². The molecule has 1 N–H and O–H groups in total. The van der Waals surface area contributed by atoms with Crippen molar-refractivity contribution in [3.8, 4) is 11.4 Å². The van der Waals surface area contributed by atoms with Gasteiger partial charge in [-0.2, -0.15) is 0 Å². The molecule has 0 amide bonds. The van der Waals surface area contributed by atoms with Crippen LogP contribution in [0.25, 0.3) is 27.9 Å². The number of carbonyl (C=O) groups excluding carboxylic acids is 2. The molecule has 150 valence electrons. The molecule has 0 saturated carbocycles. The van der Waals surface area contributed by atoms with Crippen LogP contribution in [0.1, 0.15) is 35.6 Å². The summed E-state index contributed by atoms with van der Waals surface area (Å²) in [5, 5.41) is 11.7. The van der Waals surface area contributed by atoms with E-state index in [0.29, 0.717) is 34.3 Å². The number of hydrogen-bond acceptors (Lipinski definition) is 6. The van der Waals surface area contributed by atoms with E-state index in [1.165, 1.54) is 0 Å². The summed E-state index contributed by atoms with van der Waals surface area (Å²) in [7, 11) is 0. The number of aliphatic hydroxyl groups is 1. The Morgan fingerprint density at radius 2 is 2.10 bits per heavy atom. The molecule has 0 aliphatic carbocycles.